The Bertz CT molecular complexity index is 1130. The SMILES string of the molecule is COP(=O)(OC)[C@@H](OS(C)(=O)=O)[C@H](c1ccccc1)N(Cc1ccccc1)Cc1ccccc1. The lowest BCUT2D eigenvalue weighted by Crippen LogP contribution is -2.39. The van der Waals surface area contributed by atoms with Crippen LogP contribution in [0.2, 0.25) is 0 Å². The smallest absolute Gasteiger partial charge is 0.310 e. The van der Waals surface area contributed by atoms with Crippen molar-refractivity contribution in [3.05, 3.63) is 108 Å². The van der Waals surface area contributed by atoms with Crippen LogP contribution < -0.4 is 0 Å². The third kappa shape index (κ3) is 7.09. The van der Waals surface area contributed by atoms with Crippen molar-refractivity contribution in [1.29, 1.82) is 0 Å². The maximum absolute atomic E-state index is 13.7. The van der Waals surface area contributed by atoms with Gasteiger partial charge in [0.25, 0.3) is 10.1 Å². The lowest BCUT2D eigenvalue weighted by Gasteiger charge is -2.38. The molecule has 0 heterocycles. The van der Waals surface area contributed by atoms with Gasteiger partial charge >= 0.3 is 7.60 Å². The van der Waals surface area contributed by atoms with Gasteiger partial charge in [-0.05, 0) is 16.7 Å². The van der Waals surface area contributed by atoms with Crippen LogP contribution in [0, 0.1) is 0 Å². The monoisotopic (exact) mass is 503 g/mol. The van der Waals surface area contributed by atoms with Gasteiger partial charge in [0.15, 0.2) is 5.85 Å². The molecule has 0 fully saturated rings. The van der Waals surface area contributed by atoms with Crippen molar-refractivity contribution in [2.24, 2.45) is 0 Å². The fourth-order valence-electron chi connectivity index (χ4n) is 3.83. The van der Waals surface area contributed by atoms with Crippen molar-refractivity contribution in [2.75, 3.05) is 20.5 Å². The van der Waals surface area contributed by atoms with Crippen molar-refractivity contribution < 1.29 is 26.2 Å². The van der Waals surface area contributed by atoms with Gasteiger partial charge in [-0.1, -0.05) is 91.0 Å². The summed E-state index contributed by atoms with van der Waals surface area (Å²) in [7, 11) is -5.58. The van der Waals surface area contributed by atoms with E-state index in [1.807, 2.05) is 95.9 Å². The van der Waals surface area contributed by atoms with Gasteiger partial charge in [-0.25, -0.2) is 0 Å². The van der Waals surface area contributed by atoms with E-state index in [0.717, 1.165) is 22.9 Å². The molecule has 9 heteroatoms. The summed E-state index contributed by atoms with van der Waals surface area (Å²) in [4.78, 5) is 2.03. The summed E-state index contributed by atoms with van der Waals surface area (Å²) in [6, 6.07) is 28.0. The second-order valence-electron chi connectivity index (χ2n) is 7.83. The van der Waals surface area contributed by atoms with E-state index >= 15 is 0 Å². The summed E-state index contributed by atoms with van der Waals surface area (Å²) in [5, 5.41) is 0. The summed E-state index contributed by atoms with van der Waals surface area (Å²) in [6.07, 6.45) is 0.927. The summed E-state index contributed by atoms with van der Waals surface area (Å²) in [6.45, 7) is 0.874. The first kappa shape index (κ1) is 26.3. The molecule has 0 saturated carbocycles. The predicted octanol–water partition coefficient (Wildman–Crippen LogP) is 5.22. The Kier molecular flexibility index (Phi) is 9.19. The lowest BCUT2D eigenvalue weighted by molar-refractivity contribution is 0.0789. The summed E-state index contributed by atoms with van der Waals surface area (Å²) < 4.78 is 54.3. The molecule has 7 nitrogen and oxygen atoms in total. The Labute approximate surface area is 201 Å². The molecule has 0 aliphatic carbocycles. The largest absolute Gasteiger partial charge is 0.362 e. The highest BCUT2D eigenvalue weighted by atomic mass is 32.2. The number of rotatable bonds is 12. The summed E-state index contributed by atoms with van der Waals surface area (Å²) in [5.41, 5.74) is 2.72. The zero-order valence-electron chi connectivity index (χ0n) is 19.5. The Hall–Kier alpha value is -2.32. The molecule has 0 aliphatic rings. The van der Waals surface area contributed by atoms with Gasteiger partial charge in [0.1, 0.15) is 0 Å². The van der Waals surface area contributed by atoms with Crippen molar-refractivity contribution >= 4 is 17.7 Å². The third-order valence-corrected chi connectivity index (χ3v) is 8.08. The molecule has 0 amide bonds. The van der Waals surface area contributed by atoms with Gasteiger partial charge in [-0.15, -0.1) is 0 Å². The zero-order chi connectivity index (χ0) is 24.6. The zero-order valence-corrected chi connectivity index (χ0v) is 21.2. The van der Waals surface area contributed by atoms with Crippen LogP contribution in [-0.2, 0) is 41.0 Å². The number of hydrogen-bond donors (Lipinski definition) is 0. The van der Waals surface area contributed by atoms with E-state index in [9.17, 15) is 13.0 Å². The molecule has 3 aromatic carbocycles. The second-order valence-corrected chi connectivity index (χ2v) is 11.7. The van der Waals surface area contributed by atoms with Crippen LogP contribution in [-0.4, -0.2) is 39.6 Å². The van der Waals surface area contributed by atoms with E-state index in [4.69, 9.17) is 13.2 Å². The maximum atomic E-state index is 13.7. The van der Waals surface area contributed by atoms with Gasteiger partial charge in [-0.3, -0.25) is 13.6 Å². The molecule has 0 unspecified atom stereocenters. The fraction of sp³-hybridized carbons (Fsp3) is 0.280. The maximum Gasteiger partial charge on any atom is 0.362 e. The fourth-order valence-corrected chi connectivity index (χ4v) is 6.46. The predicted molar refractivity (Wildman–Crippen MR) is 133 cm³/mol. The minimum Gasteiger partial charge on any atom is -0.310 e. The Morgan fingerprint density at radius 1 is 0.765 bits per heavy atom. The van der Waals surface area contributed by atoms with Crippen molar-refractivity contribution in [3.8, 4) is 0 Å². The van der Waals surface area contributed by atoms with Gasteiger partial charge in [0.2, 0.25) is 0 Å². The highest BCUT2D eigenvalue weighted by Gasteiger charge is 2.46. The average Bonchev–Trinajstić information content (AvgIpc) is 2.84. The van der Waals surface area contributed by atoms with Crippen LogP contribution in [0.1, 0.15) is 22.7 Å². The molecule has 34 heavy (non-hydrogen) atoms. The van der Waals surface area contributed by atoms with E-state index < -0.39 is 29.6 Å². The van der Waals surface area contributed by atoms with E-state index in [-0.39, 0.29) is 0 Å². The van der Waals surface area contributed by atoms with Crippen molar-refractivity contribution in [1.82, 2.24) is 4.90 Å². The summed E-state index contributed by atoms with van der Waals surface area (Å²) >= 11 is 0. The molecule has 2 atom stereocenters. The van der Waals surface area contributed by atoms with Crippen LogP contribution >= 0.6 is 7.60 Å². The molecule has 0 bridgehead atoms. The quantitative estimate of drug-likeness (QED) is 0.248. The van der Waals surface area contributed by atoms with Gasteiger partial charge in [0, 0.05) is 27.3 Å². The van der Waals surface area contributed by atoms with E-state index in [0.29, 0.717) is 13.1 Å². The van der Waals surface area contributed by atoms with E-state index in [1.165, 1.54) is 14.2 Å². The molecule has 0 aliphatic heterocycles. The van der Waals surface area contributed by atoms with Gasteiger partial charge in [-0.2, -0.15) is 8.42 Å². The molecule has 0 saturated heterocycles. The van der Waals surface area contributed by atoms with Crippen LogP contribution in [0.4, 0.5) is 0 Å². The first-order valence-corrected chi connectivity index (χ1v) is 14.1. The number of hydrogen-bond acceptors (Lipinski definition) is 7. The molecule has 3 rings (SSSR count). The van der Waals surface area contributed by atoms with Crippen LogP contribution in [0.15, 0.2) is 91.0 Å². The Morgan fingerprint density at radius 3 is 1.56 bits per heavy atom. The van der Waals surface area contributed by atoms with Gasteiger partial charge < -0.3 is 9.05 Å². The number of benzene rings is 3. The highest BCUT2D eigenvalue weighted by molar-refractivity contribution is 7.86. The third-order valence-electron chi connectivity index (χ3n) is 5.36. The summed E-state index contributed by atoms with van der Waals surface area (Å²) in [5.74, 6) is -1.44. The van der Waals surface area contributed by atoms with Crippen LogP contribution in [0.5, 0.6) is 0 Å². The standard InChI is InChI=1S/C25H30NO6PS/c1-30-33(27,31-2)25(32-34(3,28)29)24(23-17-11-6-12-18-23)26(19-21-13-7-4-8-14-21)20-22-15-9-5-10-16-22/h4-18,24-25H,19-20H2,1-3H3/t24-,25+/m0/s1. The minimum absolute atomic E-state index is 0.437. The topological polar surface area (TPSA) is 82.1 Å². The first-order valence-electron chi connectivity index (χ1n) is 10.7. The minimum atomic E-state index is -4.02. The van der Waals surface area contributed by atoms with E-state index in [1.54, 1.807) is 0 Å². The van der Waals surface area contributed by atoms with E-state index in [2.05, 4.69) is 0 Å². The molecule has 0 N–H and O–H groups in total. The van der Waals surface area contributed by atoms with Gasteiger partial charge in [0.05, 0.1) is 12.3 Å². The van der Waals surface area contributed by atoms with Crippen LogP contribution in [0.3, 0.4) is 0 Å². The second kappa shape index (κ2) is 11.9. The van der Waals surface area contributed by atoms with Crippen molar-refractivity contribution in [2.45, 2.75) is 25.0 Å². The molecular formula is C25H30NO6PS. The molecule has 0 spiro atoms. The molecule has 3 aromatic rings. The Morgan fingerprint density at radius 2 is 1.18 bits per heavy atom. The average molecular weight is 504 g/mol. The lowest BCUT2D eigenvalue weighted by atomic mass is 10.0. The normalized spacial score (nSPS) is 14.1. The highest BCUT2D eigenvalue weighted by Crippen LogP contribution is 2.58. The van der Waals surface area contributed by atoms with Crippen molar-refractivity contribution in [3.63, 3.8) is 0 Å². The molecule has 0 radical (unpaired) electrons. The van der Waals surface area contributed by atoms with Crippen LogP contribution in [0.25, 0.3) is 0 Å². The molecule has 182 valence electrons. The molecular weight excluding hydrogens is 473 g/mol. The first-order chi connectivity index (χ1) is 16.3. The number of nitrogens with zero attached hydrogens (tertiary/aromatic N) is 1. The Balaban J connectivity index is 2.19. The molecule has 0 aromatic heterocycles.